The van der Waals surface area contributed by atoms with Crippen molar-refractivity contribution in [2.24, 2.45) is 5.92 Å². The van der Waals surface area contributed by atoms with Gasteiger partial charge in [-0.3, -0.25) is 9.32 Å². The molecule has 0 amide bonds. The van der Waals surface area contributed by atoms with Crippen LogP contribution in [0.3, 0.4) is 0 Å². The van der Waals surface area contributed by atoms with Gasteiger partial charge in [0.2, 0.25) is 0 Å². The number of carbonyl (C=O) groups excluding carboxylic acids is 1. The molecule has 0 bridgehead atoms. The first-order valence-electron chi connectivity index (χ1n) is 14.1. The minimum absolute atomic E-state index is 0. The van der Waals surface area contributed by atoms with Crippen molar-refractivity contribution in [3.05, 3.63) is 60.7 Å². The molecule has 1 aromatic carbocycles. The normalized spacial score (nSPS) is 13.8. The van der Waals surface area contributed by atoms with Crippen molar-refractivity contribution in [2.75, 3.05) is 6.61 Å². The van der Waals surface area contributed by atoms with Crippen LogP contribution in [0.4, 0.5) is 8.78 Å². The van der Waals surface area contributed by atoms with Crippen molar-refractivity contribution < 1.29 is 32.3 Å². The summed E-state index contributed by atoms with van der Waals surface area (Å²) >= 11 is 0. The van der Waals surface area contributed by atoms with E-state index in [4.69, 9.17) is 9.26 Å². The predicted molar refractivity (Wildman–Crippen MR) is 157 cm³/mol. The van der Waals surface area contributed by atoms with Gasteiger partial charge in [0.15, 0.2) is 5.60 Å². The van der Waals surface area contributed by atoms with E-state index in [-0.39, 0.29) is 54.8 Å². The molecule has 2 unspecified atom stereocenters. The Hall–Kier alpha value is -2.06. The van der Waals surface area contributed by atoms with Crippen LogP contribution >= 0.6 is 7.75 Å². The van der Waals surface area contributed by atoms with Gasteiger partial charge in [0, 0.05) is 11.6 Å². The maximum absolute atomic E-state index is 15.3. The number of rotatable bonds is 19. The molecule has 2 atom stereocenters. The van der Waals surface area contributed by atoms with Crippen molar-refractivity contribution in [3.8, 4) is 0 Å². The molecule has 0 aliphatic carbocycles. The maximum atomic E-state index is 15.3. The third-order valence-corrected chi connectivity index (χ3v) is 7.86. The molecule has 0 saturated heterocycles. The number of esters is 1. The first kappa shape index (κ1) is 37.1. The SMILES string of the molecule is CCCCCCCCCOP(=O)(O)NC(C(=O)OC(Cn1cncn1)(Cn1cncn1)c1ccc(F)cc1F)C(C)C.[NaH]. The second-order valence-corrected chi connectivity index (χ2v) is 12.1. The predicted octanol–water partition coefficient (Wildman–Crippen LogP) is 4.12. The molecule has 43 heavy (non-hydrogen) atoms. The molecule has 0 saturated carbocycles. The van der Waals surface area contributed by atoms with Crippen molar-refractivity contribution in [1.82, 2.24) is 34.6 Å². The summed E-state index contributed by atoms with van der Waals surface area (Å²) in [6.45, 7) is 5.02. The number of aromatic nitrogens is 6. The number of nitrogens with zero attached hydrogens (tertiary/aromatic N) is 6. The number of unbranched alkanes of at least 4 members (excludes halogenated alkanes) is 6. The van der Waals surface area contributed by atoms with Gasteiger partial charge in [-0.05, 0) is 24.5 Å². The fourth-order valence-electron chi connectivity index (χ4n) is 4.54. The molecule has 3 aromatic rings. The molecule has 234 valence electrons. The summed E-state index contributed by atoms with van der Waals surface area (Å²) in [5, 5.41) is 10.6. The number of hydrogen-bond acceptors (Lipinski definition) is 8. The molecule has 0 aliphatic rings. The third kappa shape index (κ3) is 11.8. The minimum atomic E-state index is -4.42. The van der Waals surface area contributed by atoms with E-state index in [0.717, 1.165) is 38.2 Å². The zero-order chi connectivity index (χ0) is 30.6. The van der Waals surface area contributed by atoms with Crippen LogP contribution in [-0.2, 0) is 37.3 Å². The molecule has 0 spiro atoms. The van der Waals surface area contributed by atoms with Gasteiger partial charge in [0.05, 0.1) is 19.7 Å². The van der Waals surface area contributed by atoms with Crippen molar-refractivity contribution in [2.45, 2.75) is 90.4 Å². The van der Waals surface area contributed by atoms with Crippen LogP contribution in [0.2, 0.25) is 0 Å². The number of nitrogens with one attached hydrogen (secondary N) is 1. The fraction of sp³-hybridized carbons (Fsp3) is 0.593. The summed E-state index contributed by atoms with van der Waals surface area (Å²) < 4.78 is 56.1. The Morgan fingerprint density at radius 1 is 1.02 bits per heavy atom. The zero-order valence-electron chi connectivity index (χ0n) is 24.2. The Bertz CT molecular complexity index is 1250. The average Bonchev–Trinajstić information content (AvgIpc) is 3.63. The average molecular weight is 636 g/mol. The summed E-state index contributed by atoms with van der Waals surface area (Å²) in [5.74, 6) is -3.28. The van der Waals surface area contributed by atoms with E-state index in [0.29, 0.717) is 12.5 Å². The number of ether oxygens (including phenoxy) is 1. The second kappa shape index (κ2) is 18.0. The first-order valence-corrected chi connectivity index (χ1v) is 15.7. The number of hydrogen-bond donors (Lipinski definition) is 2. The summed E-state index contributed by atoms with van der Waals surface area (Å²) in [4.78, 5) is 32.1. The molecule has 3 rings (SSSR count). The molecule has 0 fully saturated rings. The van der Waals surface area contributed by atoms with Crippen LogP contribution in [0.25, 0.3) is 0 Å². The van der Waals surface area contributed by atoms with E-state index in [1.165, 1.54) is 47.2 Å². The quantitative estimate of drug-likeness (QED) is 0.0854. The zero-order valence-corrected chi connectivity index (χ0v) is 25.1. The Kier molecular flexibility index (Phi) is 15.6. The number of halogens is 2. The molecule has 2 aromatic heterocycles. The van der Waals surface area contributed by atoms with Gasteiger partial charge in [-0.15, -0.1) is 0 Å². The number of carbonyl (C=O) groups is 1. The molecule has 12 nitrogen and oxygen atoms in total. The van der Waals surface area contributed by atoms with Gasteiger partial charge in [0.25, 0.3) is 0 Å². The van der Waals surface area contributed by atoms with E-state index in [1.54, 1.807) is 13.8 Å². The summed E-state index contributed by atoms with van der Waals surface area (Å²) in [5.41, 5.74) is -2.00. The Morgan fingerprint density at radius 3 is 2.12 bits per heavy atom. The summed E-state index contributed by atoms with van der Waals surface area (Å²) in [6.07, 6.45) is 12.3. The van der Waals surface area contributed by atoms with Crippen LogP contribution in [0, 0.1) is 17.6 Å². The molecule has 0 radical (unpaired) electrons. The molecule has 2 N–H and O–H groups in total. The van der Waals surface area contributed by atoms with Gasteiger partial charge < -0.3 is 9.63 Å². The van der Waals surface area contributed by atoms with E-state index in [1.807, 2.05) is 0 Å². The fourth-order valence-corrected chi connectivity index (χ4v) is 5.75. The first-order chi connectivity index (χ1) is 20.0. The van der Waals surface area contributed by atoms with Crippen LogP contribution in [0.1, 0.15) is 71.3 Å². The molecular weight excluding hydrogens is 594 g/mol. The van der Waals surface area contributed by atoms with Crippen molar-refractivity contribution in [3.63, 3.8) is 0 Å². The van der Waals surface area contributed by atoms with Gasteiger partial charge in [-0.25, -0.2) is 37.8 Å². The standard InChI is InChI=1S/C27H40F2N7O5P.Na.H/c1-4-5-6-7-8-9-10-13-40-42(38,39)34-25(21(2)3)26(37)41-27(15-35-19-30-17-32-35,16-36-20-31-18-33-36)23-12-11-22(28)14-24(23)29;;/h11-12,14,17-21,25H,4-10,13,15-16H2,1-3H3,(H2,34,38,39);;. The van der Waals surface area contributed by atoms with E-state index >= 15 is 4.39 Å². The van der Waals surface area contributed by atoms with Crippen LogP contribution in [0.5, 0.6) is 0 Å². The number of benzene rings is 1. The van der Waals surface area contributed by atoms with Crippen LogP contribution in [-0.4, -0.2) is 82.6 Å². The molecule has 0 aliphatic heterocycles. The Morgan fingerprint density at radius 2 is 1.60 bits per heavy atom. The Labute approximate surface area is 272 Å². The summed E-state index contributed by atoms with van der Waals surface area (Å²) in [6, 6.07) is 1.58. The van der Waals surface area contributed by atoms with E-state index in [2.05, 4.69) is 32.2 Å². The second-order valence-electron chi connectivity index (χ2n) is 10.6. The molecule has 2 heterocycles. The molecular formula is C27H41F2N7NaO5P. The van der Waals surface area contributed by atoms with Crippen LogP contribution < -0.4 is 5.09 Å². The third-order valence-electron chi connectivity index (χ3n) is 6.72. The Balaban J connectivity index is 0.00000645. The van der Waals surface area contributed by atoms with Gasteiger partial charge in [0.1, 0.15) is 43.0 Å². The van der Waals surface area contributed by atoms with Gasteiger partial charge in [-0.1, -0.05) is 59.3 Å². The van der Waals surface area contributed by atoms with Crippen molar-refractivity contribution in [1.29, 1.82) is 0 Å². The van der Waals surface area contributed by atoms with Gasteiger partial charge in [-0.2, -0.15) is 10.2 Å². The van der Waals surface area contributed by atoms with Crippen molar-refractivity contribution >= 4 is 43.3 Å². The monoisotopic (exact) mass is 635 g/mol. The summed E-state index contributed by atoms with van der Waals surface area (Å²) in [7, 11) is -4.42. The van der Waals surface area contributed by atoms with E-state index < -0.39 is 42.9 Å². The van der Waals surface area contributed by atoms with Crippen LogP contribution in [0.15, 0.2) is 43.5 Å². The van der Waals surface area contributed by atoms with E-state index in [9.17, 15) is 18.6 Å². The topological polar surface area (TPSA) is 146 Å². The van der Waals surface area contributed by atoms with Gasteiger partial charge >= 0.3 is 43.3 Å². The molecule has 16 heteroatoms.